The molecular weight excluding hydrogens is 254 g/mol. The number of hydrogen-bond acceptors (Lipinski definition) is 3. The molecule has 0 saturated carbocycles. The standard InChI is InChI=1S/C15H25N3O2/c1-5-10(3)16-15(19)18-9-7-8-12(18)14-11(4)17-20-13(14)6-2/h10,12H,5-9H2,1-4H3,(H,16,19)/t10-,12-/m0/s1. The molecule has 5 nitrogen and oxygen atoms in total. The summed E-state index contributed by atoms with van der Waals surface area (Å²) >= 11 is 0. The van der Waals surface area contributed by atoms with Crippen LogP contribution in [0, 0.1) is 6.92 Å². The van der Waals surface area contributed by atoms with Crippen LogP contribution in [-0.2, 0) is 6.42 Å². The van der Waals surface area contributed by atoms with Crippen molar-refractivity contribution in [1.82, 2.24) is 15.4 Å². The number of carbonyl (C=O) groups is 1. The van der Waals surface area contributed by atoms with Crippen LogP contribution in [0.1, 0.15) is 63.1 Å². The summed E-state index contributed by atoms with van der Waals surface area (Å²) in [5, 5.41) is 7.13. The quantitative estimate of drug-likeness (QED) is 0.920. The molecule has 2 rings (SSSR count). The molecule has 0 unspecified atom stereocenters. The van der Waals surface area contributed by atoms with E-state index in [1.807, 2.05) is 18.7 Å². The molecule has 5 heteroatoms. The van der Waals surface area contributed by atoms with E-state index in [0.717, 1.165) is 49.2 Å². The number of aromatic nitrogens is 1. The second-order valence-corrected chi connectivity index (χ2v) is 5.57. The summed E-state index contributed by atoms with van der Waals surface area (Å²) in [4.78, 5) is 14.3. The smallest absolute Gasteiger partial charge is 0.318 e. The van der Waals surface area contributed by atoms with Crippen molar-refractivity contribution in [2.24, 2.45) is 0 Å². The predicted molar refractivity (Wildman–Crippen MR) is 77.6 cm³/mol. The van der Waals surface area contributed by atoms with Crippen LogP contribution in [-0.4, -0.2) is 28.7 Å². The summed E-state index contributed by atoms with van der Waals surface area (Å²) in [5.41, 5.74) is 2.03. The van der Waals surface area contributed by atoms with Gasteiger partial charge < -0.3 is 14.7 Å². The van der Waals surface area contributed by atoms with Gasteiger partial charge in [-0.3, -0.25) is 0 Å². The van der Waals surface area contributed by atoms with Gasteiger partial charge in [0, 0.05) is 24.6 Å². The number of aryl methyl sites for hydroxylation is 2. The Morgan fingerprint density at radius 2 is 2.30 bits per heavy atom. The lowest BCUT2D eigenvalue weighted by atomic mass is 10.0. The van der Waals surface area contributed by atoms with E-state index in [9.17, 15) is 4.79 Å². The van der Waals surface area contributed by atoms with Gasteiger partial charge in [0.2, 0.25) is 0 Å². The highest BCUT2D eigenvalue weighted by Gasteiger charge is 2.34. The average Bonchev–Trinajstić information content (AvgIpc) is 3.03. The van der Waals surface area contributed by atoms with Gasteiger partial charge in [-0.2, -0.15) is 0 Å². The molecule has 0 bridgehead atoms. The molecule has 1 aromatic rings. The molecule has 1 aromatic heterocycles. The van der Waals surface area contributed by atoms with Crippen molar-refractivity contribution in [2.75, 3.05) is 6.54 Å². The number of hydrogen-bond donors (Lipinski definition) is 1. The van der Waals surface area contributed by atoms with Crippen molar-refractivity contribution >= 4 is 6.03 Å². The van der Waals surface area contributed by atoms with Crippen LogP contribution in [0.2, 0.25) is 0 Å². The topological polar surface area (TPSA) is 58.4 Å². The van der Waals surface area contributed by atoms with Crippen molar-refractivity contribution in [3.05, 3.63) is 17.0 Å². The summed E-state index contributed by atoms with van der Waals surface area (Å²) in [5.74, 6) is 0.913. The molecule has 1 aliphatic rings. The zero-order valence-corrected chi connectivity index (χ0v) is 12.9. The van der Waals surface area contributed by atoms with E-state index in [2.05, 4.69) is 24.3 Å². The van der Waals surface area contributed by atoms with Crippen LogP contribution in [0.3, 0.4) is 0 Å². The van der Waals surface area contributed by atoms with Crippen LogP contribution in [0.5, 0.6) is 0 Å². The molecule has 1 aliphatic heterocycles. The minimum Gasteiger partial charge on any atom is -0.361 e. The van der Waals surface area contributed by atoms with Crippen molar-refractivity contribution < 1.29 is 9.32 Å². The Bertz CT molecular complexity index is 470. The number of nitrogens with zero attached hydrogens (tertiary/aromatic N) is 2. The summed E-state index contributed by atoms with van der Waals surface area (Å²) in [6.07, 6.45) is 3.78. The number of nitrogens with one attached hydrogen (secondary N) is 1. The first-order valence-electron chi connectivity index (χ1n) is 7.60. The number of amides is 2. The molecule has 1 fully saturated rings. The van der Waals surface area contributed by atoms with E-state index < -0.39 is 0 Å². The van der Waals surface area contributed by atoms with Gasteiger partial charge in [-0.05, 0) is 33.1 Å². The molecule has 1 saturated heterocycles. The lowest BCUT2D eigenvalue weighted by Crippen LogP contribution is -2.43. The lowest BCUT2D eigenvalue weighted by Gasteiger charge is -2.26. The first kappa shape index (κ1) is 14.9. The highest BCUT2D eigenvalue weighted by Crippen LogP contribution is 2.35. The van der Waals surface area contributed by atoms with Crippen LogP contribution >= 0.6 is 0 Å². The highest BCUT2D eigenvalue weighted by molar-refractivity contribution is 5.75. The molecule has 2 amide bonds. The van der Waals surface area contributed by atoms with E-state index in [-0.39, 0.29) is 18.1 Å². The molecule has 1 N–H and O–H groups in total. The Hall–Kier alpha value is -1.52. The highest BCUT2D eigenvalue weighted by atomic mass is 16.5. The first-order chi connectivity index (χ1) is 9.58. The molecule has 0 aliphatic carbocycles. The van der Waals surface area contributed by atoms with Crippen molar-refractivity contribution in [3.63, 3.8) is 0 Å². The van der Waals surface area contributed by atoms with Gasteiger partial charge >= 0.3 is 6.03 Å². The van der Waals surface area contributed by atoms with E-state index in [0.29, 0.717) is 0 Å². The zero-order chi connectivity index (χ0) is 14.7. The summed E-state index contributed by atoms with van der Waals surface area (Å²) in [6, 6.07) is 0.350. The monoisotopic (exact) mass is 279 g/mol. The minimum atomic E-state index is 0.0319. The van der Waals surface area contributed by atoms with Gasteiger partial charge in [0.25, 0.3) is 0 Å². The molecular formula is C15H25N3O2. The number of carbonyl (C=O) groups excluding carboxylic acids is 1. The molecule has 20 heavy (non-hydrogen) atoms. The van der Waals surface area contributed by atoms with Crippen molar-refractivity contribution in [1.29, 1.82) is 0 Å². The maximum atomic E-state index is 12.4. The summed E-state index contributed by atoms with van der Waals surface area (Å²) < 4.78 is 5.38. The minimum absolute atomic E-state index is 0.0319. The normalized spacial score (nSPS) is 20.2. The first-order valence-corrected chi connectivity index (χ1v) is 7.60. The van der Waals surface area contributed by atoms with Crippen LogP contribution in [0.4, 0.5) is 4.79 Å². The fraction of sp³-hybridized carbons (Fsp3) is 0.733. The summed E-state index contributed by atoms with van der Waals surface area (Å²) in [6.45, 7) is 8.93. The third-order valence-electron chi connectivity index (χ3n) is 4.13. The Labute approximate surface area is 120 Å². The largest absolute Gasteiger partial charge is 0.361 e. The fourth-order valence-corrected chi connectivity index (χ4v) is 2.81. The van der Waals surface area contributed by atoms with E-state index in [1.54, 1.807) is 0 Å². The van der Waals surface area contributed by atoms with Crippen molar-refractivity contribution in [2.45, 2.75) is 65.5 Å². The molecule has 0 radical (unpaired) electrons. The lowest BCUT2D eigenvalue weighted by molar-refractivity contribution is 0.189. The van der Waals surface area contributed by atoms with E-state index in [4.69, 9.17) is 4.52 Å². The van der Waals surface area contributed by atoms with Crippen LogP contribution in [0.15, 0.2) is 4.52 Å². The molecule has 2 heterocycles. The second-order valence-electron chi connectivity index (χ2n) is 5.57. The summed E-state index contributed by atoms with van der Waals surface area (Å²) in [7, 11) is 0. The number of likely N-dealkylation sites (tertiary alicyclic amines) is 1. The van der Waals surface area contributed by atoms with Gasteiger partial charge in [0.05, 0.1) is 11.7 Å². The zero-order valence-electron chi connectivity index (χ0n) is 12.9. The van der Waals surface area contributed by atoms with Gasteiger partial charge in [-0.1, -0.05) is 19.0 Å². The number of urea groups is 1. The van der Waals surface area contributed by atoms with Crippen LogP contribution in [0.25, 0.3) is 0 Å². The van der Waals surface area contributed by atoms with Crippen molar-refractivity contribution in [3.8, 4) is 0 Å². The second kappa shape index (κ2) is 6.29. The van der Waals surface area contributed by atoms with E-state index >= 15 is 0 Å². The molecule has 0 spiro atoms. The van der Waals surface area contributed by atoms with Crippen LogP contribution < -0.4 is 5.32 Å². The maximum Gasteiger partial charge on any atom is 0.318 e. The Morgan fingerprint density at radius 3 is 2.95 bits per heavy atom. The SMILES string of the molecule is CCc1onc(C)c1[C@@H]1CCCN1C(=O)N[C@@H](C)CC. The Morgan fingerprint density at radius 1 is 1.55 bits per heavy atom. The Kier molecular flexibility index (Phi) is 4.68. The van der Waals surface area contributed by atoms with Gasteiger partial charge in [0.1, 0.15) is 5.76 Å². The maximum absolute atomic E-state index is 12.4. The fourth-order valence-electron chi connectivity index (χ4n) is 2.81. The third kappa shape index (κ3) is 2.81. The predicted octanol–water partition coefficient (Wildman–Crippen LogP) is 3.19. The average molecular weight is 279 g/mol. The van der Waals surface area contributed by atoms with Gasteiger partial charge in [-0.25, -0.2) is 4.79 Å². The Balaban J connectivity index is 2.18. The number of rotatable bonds is 4. The van der Waals surface area contributed by atoms with Gasteiger partial charge in [-0.15, -0.1) is 0 Å². The van der Waals surface area contributed by atoms with Gasteiger partial charge in [0.15, 0.2) is 0 Å². The van der Waals surface area contributed by atoms with E-state index in [1.165, 1.54) is 0 Å². The third-order valence-corrected chi connectivity index (χ3v) is 4.13. The molecule has 112 valence electrons. The molecule has 0 aromatic carbocycles. The molecule has 2 atom stereocenters.